The van der Waals surface area contributed by atoms with Crippen LogP contribution in [0.3, 0.4) is 0 Å². The van der Waals surface area contributed by atoms with Crippen molar-refractivity contribution >= 4 is 5.91 Å². The van der Waals surface area contributed by atoms with E-state index in [9.17, 15) is 18.0 Å². The maximum Gasteiger partial charge on any atom is 0.410 e. The first kappa shape index (κ1) is 14.3. The molecule has 0 fully saturated rings. The largest absolute Gasteiger partial charge is 0.410 e. The van der Waals surface area contributed by atoms with Gasteiger partial charge in [-0.2, -0.15) is 13.2 Å². The lowest BCUT2D eigenvalue weighted by atomic mass is 10.0. The van der Waals surface area contributed by atoms with E-state index in [0.717, 1.165) is 20.3 Å². The van der Waals surface area contributed by atoms with Gasteiger partial charge in [0, 0.05) is 5.92 Å². The van der Waals surface area contributed by atoms with E-state index in [4.69, 9.17) is 0 Å². The average molecular weight is 225 g/mol. The Hall–Kier alpha value is -0.740. The molecule has 0 aromatic carbocycles. The summed E-state index contributed by atoms with van der Waals surface area (Å²) in [6, 6.07) is 0. The SMILES string of the molecule is CCCC(C)C(=O)NC(C)(C)C(F)(F)F. The van der Waals surface area contributed by atoms with Crippen molar-refractivity contribution in [3.05, 3.63) is 0 Å². The average Bonchev–Trinajstić information content (AvgIpc) is 2.01. The summed E-state index contributed by atoms with van der Waals surface area (Å²) in [6.45, 7) is 5.44. The van der Waals surface area contributed by atoms with Crippen molar-refractivity contribution in [3.8, 4) is 0 Å². The van der Waals surface area contributed by atoms with Gasteiger partial charge in [0.15, 0.2) is 0 Å². The third-order valence-corrected chi connectivity index (χ3v) is 2.31. The van der Waals surface area contributed by atoms with Gasteiger partial charge in [0.05, 0.1) is 0 Å². The molecular weight excluding hydrogens is 207 g/mol. The molecular formula is C10H18F3NO. The number of carbonyl (C=O) groups excluding carboxylic acids is 1. The van der Waals surface area contributed by atoms with E-state index in [1.807, 2.05) is 12.2 Å². The zero-order chi connectivity index (χ0) is 12.3. The van der Waals surface area contributed by atoms with E-state index >= 15 is 0 Å². The second-order valence-electron chi connectivity index (χ2n) is 4.30. The van der Waals surface area contributed by atoms with Gasteiger partial charge in [-0.25, -0.2) is 0 Å². The molecule has 2 nitrogen and oxygen atoms in total. The van der Waals surface area contributed by atoms with E-state index < -0.39 is 17.6 Å². The molecule has 90 valence electrons. The van der Waals surface area contributed by atoms with Crippen LogP contribution in [0.1, 0.15) is 40.5 Å². The van der Waals surface area contributed by atoms with Crippen LogP contribution in [-0.4, -0.2) is 17.6 Å². The molecule has 0 saturated heterocycles. The third kappa shape index (κ3) is 4.10. The van der Waals surface area contributed by atoms with Crippen LogP contribution in [0.5, 0.6) is 0 Å². The van der Waals surface area contributed by atoms with Gasteiger partial charge in [0.2, 0.25) is 5.91 Å². The Kier molecular flexibility index (Phi) is 4.62. The first-order valence-electron chi connectivity index (χ1n) is 5.00. The zero-order valence-corrected chi connectivity index (χ0v) is 9.53. The van der Waals surface area contributed by atoms with Gasteiger partial charge >= 0.3 is 6.18 Å². The summed E-state index contributed by atoms with van der Waals surface area (Å²) in [5.74, 6) is -0.921. The van der Waals surface area contributed by atoms with Crippen LogP contribution in [0.2, 0.25) is 0 Å². The van der Waals surface area contributed by atoms with Crippen molar-refractivity contribution < 1.29 is 18.0 Å². The highest BCUT2D eigenvalue weighted by Gasteiger charge is 2.48. The molecule has 1 amide bonds. The molecule has 0 aliphatic carbocycles. The quantitative estimate of drug-likeness (QED) is 0.783. The molecule has 0 radical (unpaired) electrons. The third-order valence-electron chi connectivity index (χ3n) is 2.31. The highest BCUT2D eigenvalue weighted by atomic mass is 19.4. The Labute approximate surface area is 88.2 Å². The summed E-state index contributed by atoms with van der Waals surface area (Å²) in [4.78, 5) is 11.4. The van der Waals surface area contributed by atoms with E-state index in [0.29, 0.717) is 6.42 Å². The standard InChI is InChI=1S/C10H18F3NO/c1-5-6-7(2)8(15)14-9(3,4)10(11,12)13/h7H,5-6H2,1-4H3,(H,14,15). The topological polar surface area (TPSA) is 29.1 Å². The maximum atomic E-state index is 12.4. The van der Waals surface area contributed by atoms with Gasteiger partial charge in [-0.15, -0.1) is 0 Å². The normalized spacial score (nSPS) is 14.9. The molecule has 1 unspecified atom stereocenters. The summed E-state index contributed by atoms with van der Waals surface area (Å²) in [5.41, 5.74) is -2.16. The number of hydrogen-bond acceptors (Lipinski definition) is 1. The second-order valence-corrected chi connectivity index (χ2v) is 4.30. The number of rotatable bonds is 4. The van der Waals surface area contributed by atoms with Crippen molar-refractivity contribution in [2.45, 2.75) is 52.3 Å². The van der Waals surface area contributed by atoms with E-state index in [-0.39, 0.29) is 5.92 Å². The van der Waals surface area contributed by atoms with Gasteiger partial charge in [0.25, 0.3) is 0 Å². The fraction of sp³-hybridized carbons (Fsp3) is 0.900. The van der Waals surface area contributed by atoms with Gasteiger partial charge in [-0.05, 0) is 20.3 Å². The molecule has 0 heterocycles. The predicted molar refractivity (Wildman–Crippen MR) is 52.3 cm³/mol. The smallest absolute Gasteiger partial charge is 0.342 e. The Morgan fingerprint density at radius 2 is 1.80 bits per heavy atom. The highest BCUT2D eigenvalue weighted by molar-refractivity contribution is 5.79. The van der Waals surface area contributed by atoms with Crippen molar-refractivity contribution in [2.24, 2.45) is 5.92 Å². The maximum absolute atomic E-state index is 12.4. The molecule has 0 aromatic rings. The Bertz CT molecular complexity index is 223. The summed E-state index contributed by atoms with van der Waals surface area (Å²) in [5, 5.41) is 2.02. The van der Waals surface area contributed by atoms with Crippen molar-refractivity contribution in [3.63, 3.8) is 0 Å². The number of amides is 1. The summed E-state index contributed by atoms with van der Waals surface area (Å²) >= 11 is 0. The molecule has 0 aliphatic heterocycles. The minimum absolute atomic E-state index is 0.378. The van der Waals surface area contributed by atoms with Gasteiger partial charge in [-0.1, -0.05) is 20.3 Å². The van der Waals surface area contributed by atoms with E-state index in [1.54, 1.807) is 6.92 Å². The molecule has 15 heavy (non-hydrogen) atoms. The lowest BCUT2D eigenvalue weighted by Crippen LogP contribution is -2.55. The first-order chi connectivity index (χ1) is 6.62. The molecule has 0 aliphatic rings. The van der Waals surface area contributed by atoms with Crippen LogP contribution in [0.4, 0.5) is 13.2 Å². The van der Waals surface area contributed by atoms with Crippen LogP contribution in [0, 0.1) is 5.92 Å². The minimum atomic E-state index is -4.42. The number of alkyl halides is 3. The molecule has 0 rings (SSSR count). The molecule has 0 spiro atoms. The Morgan fingerprint density at radius 3 is 2.13 bits per heavy atom. The lowest BCUT2D eigenvalue weighted by Gasteiger charge is -2.30. The molecule has 0 saturated carbocycles. The number of halogens is 3. The highest BCUT2D eigenvalue weighted by Crippen LogP contribution is 2.29. The number of hydrogen-bond donors (Lipinski definition) is 1. The second kappa shape index (κ2) is 4.86. The summed E-state index contributed by atoms with van der Waals surface area (Å²) in [7, 11) is 0. The first-order valence-corrected chi connectivity index (χ1v) is 5.00. The minimum Gasteiger partial charge on any atom is -0.342 e. The van der Waals surface area contributed by atoms with E-state index in [2.05, 4.69) is 0 Å². The summed E-state index contributed by atoms with van der Waals surface area (Å²) in [6.07, 6.45) is -3.05. The van der Waals surface area contributed by atoms with Gasteiger partial charge < -0.3 is 5.32 Å². The van der Waals surface area contributed by atoms with Crippen molar-refractivity contribution in [1.82, 2.24) is 5.32 Å². The van der Waals surface area contributed by atoms with Crippen molar-refractivity contribution in [2.75, 3.05) is 0 Å². The van der Waals surface area contributed by atoms with Crippen LogP contribution >= 0.6 is 0 Å². The molecule has 0 bridgehead atoms. The molecule has 1 N–H and O–H groups in total. The fourth-order valence-corrected chi connectivity index (χ4v) is 1.07. The van der Waals surface area contributed by atoms with Crippen LogP contribution < -0.4 is 5.32 Å². The van der Waals surface area contributed by atoms with Crippen LogP contribution in [0.25, 0.3) is 0 Å². The van der Waals surface area contributed by atoms with Gasteiger partial charge in [0.1, 0.15) is 5.54 Å². The Morgan fingerprint density at radius 1 is 1.33 bits per heavy atom. The molecule has 1 atom stereocenters. The predicted octanol–water partition coefficient (Wildman–Crippen LogP) is 2.88. The van der Waals surface area contributed by atoms with Crippen molar-refractivity contribution in [1.29, 1.82) is 0 Å². The number of nitrogens with one attached hydrogen (secondary N) is 1. The lowest BCUT2D eigenvalue weighted by molar-refractivity contribution is -0.189. The van der Waals surface area contributed by atoms with Crippen LogP contribution in [-0.2, 0) is 4.79 Å². The molecule has 5 heteroatoms. The van der Waals surface area contributed by atoms with Crippen LogP contribution in [0.15, 0.2) is 0 Å². The fourth-order valence-electron chi connectivity index (χ4n) is 1.07. The van der Waals surface area contributed by atoms with Gasteiger partial charge in [-0.3, -0.25) is 4.79 Å². The summed E-state index contributed by atoms with van der Waals surface area (Å²) < 4.78 is 37.3. The zero-order valence-electron chi connectivity index (χ0n) is 9.53. The number of carbonyl (C=O) groups is 1. The molecule has 0 aromatic heterocycles. The van der Waals surface area contributed by atoms with E-state index in [1.165, 1.54) is 0 Å². The Balaban J connectivity index is 4.41. The monoisotopic (exact) mass is 225 g/mol.